The van der Waals surface area contributed by atoms with Gasteiger partial charge in [0.05, 0.1) is 6.54 Å². The Morgan fingerprint density at radius 1 is 1.56 bits per heavy atom. The second-order valence-corrected chi connectivity index (χ2v) is 4.21. The SMILES string of the molecule is Cn1cnnc1CNc1ccc(C(N)=S)c(F)c1. The van der Waals surface area contributed by atoms with Crippen LogP contribution < -0.4 is 11.1 Å². The van der Waals surface area contributed by atoms with Gasteiger partial charge in [0.25, 0.3) is 0 Å². The summed E-state index contributed by atoms with van der Waals surface area (Å²) in [5, 5.41) is 10.7. The van der Waals surface area contributed by atoms with Gasteiger partial charge >= 0.3 is 0 Å². The van der Waals surface area contributed by atoms with Gasteiger partial charge in [0.15, 0.2) is 5.82 Å². The van der Waals surface area contributed by atoms with Crippen molar-refractivity contribution in [2.75, 3.05) is 5.32 Å². The molecule has 0 spiro atoms. The summed E-state index contributed by atoms with van der Waals surface area (Å²) in [5.74, 6) is 0.319. The molecule has 0 amide bonds. The lowest BCUT2D eigenvalue weighted by Gasteiger charge is -2.07. The first-order valence-electron chi connectivity index (χ1n) is 5.24. The third-order valence-corrected chi connectivity index (χ3v) is 2.71. The molecule has 0 saturated heterocycles. The molecule has 18 heavy (non-hydrogen) atoms. The molecule has 2 rings (SSSR count). The molecule has 3 N–H and O–H groups in total. The molecule has 0 unspecified atom stereocenters. The number of hydrogen-bond acceptors (Lipinski definition) is 4. The maximum absolute atomic E-state index is 13.6. The van der Waals surface area contributed by atoms with Gasteiger partial charge in [0.2, 0.25) is 0 Å². The van der Waals surface area contributed by atoms with Gasteiger partial charge in [-0.1, -0.05) is 12.2 Å². The van der Waals surface area contributed by atoms with Crippen LogP contribution in [-0.2, 0) is 13.6 Å². The van der Waals surface area contributed by atoms with Gasteiger partial charge in [0, 0.05) is 18.3 Å². The summed E-state index contributed by atoms with van der Waals surface area (Å²) in [5.41, 5.74) is 6.26. The number of aromatic nitrogens is 3. The number of rotatable bonds is 4. The second kappa shape index (κ2) is 5.09. The minimum absolute atomic E-state index is 0.0485. The topological polar surface area (TPSA) is 68.8 Å². The minimum Gasteiger partial charge on any atom is -0.389 e. The average molecular weight is 265 g/mol. The molecule has 0 saturated carbocycles. The van der Waals surface area contributed by atoms with E-state index in [4.69, 9.17) is 18.0 Å². The van der Waals surface area contributed by atoms with Crippen molar-refractivity contribution in [3.63, 3.8) is 0 Å². The van der Waals surface area contributed by atoms with Gasteiger partial charge in [-0.25, -0.2) is 4.39 Å². The van der Waals surface area contributed by atoms with E-state index in [-0.39, 0.29) is 10.6 Å². The number of nitrogens with one attached hydrogen (secondary N) is 1. The van der Waals surface area contributed by atoms with E-state index in [1.807, 2.05) is 7.05 Å². The number of benzene rings is 1. The Balaban J connectivity index is 2.09. The lowest BCUT2D eigenvalue weighted by molar-refractivity contribution is 0.626. The highest BCUT2D eigenvalue weighted by atomic mass is 32.1. The van der Waals surface area contributed by atoms with E-state index in [9.17, 15) is 4.39 Å². The monoisotopic (exact) mass is 265 g/mol. The highest BCUT2D eigenvalue weighted by molar-refractivity contribution is 7.80. The van der Waals surface area contributed by atoms with E-state index in [0.29, 0.717) is 12.2 Å². The molecule has 94 valence electrons. The third kappa shape index (κ3) is 2.62. The first-order valence-corrected chi connectivity index (χ1v) is 5.65. The molecule has 0 radical (unpaired) electrons. The van der Waals surface area contributed by atoms with Crippen molar-refractivity contribution in [3.8, 4) is 0 Å². The van der Waals surface area contributed by atoms with Gasteiger partial charge in [-0.15, -0.1) is 10.2 Å². The molecule has 0 aliphatic rings. The Morgan fingerprint density at radius 2 is 2.33 bits per heavy atom. The Hall–Kier alpha value is -2.02. The third-order valence-electron chi connectivity index (χ3n) is 2.49. The first kappa shape index (κ1) is 12.4. The number of halogens is 1. The van der Waals surface area contributed by atoms with Gasteiger partial charge in [-0.3, -0.25) is 0 Å². The highest BCUT2D eigenvalue weighted by Crippen LogP contribution is 2.15. The zero-order chi connectivity index (χ0) is 13.1. The van der Waals surface area contributed by atoms with Crippen molar-refractivity contribution in [1.82, 2.24) is 14.8 Å². The van der Waals surface area contributed by atoms with Crippen LogP contribution in [0.15, 0.2) is 24.5 Å². The van der Waals surface area contributed by atoms with Gasteiger partial charge in [0.1, 0.15) is 17.1 Å². The molecular formula is C11H12FN5S. The van der Waals surface area contributed by atoms with Gasteiger partial charge in [-0.05, 0) is 18.2 Å². The van der Waals surface area contributed by atoms with Crippen molar-refractivity contribution in [3.05, 3.63) is 41.7 Å². The van der Waals surface area contributed by atoms with Crippen LogP contribution in [0.2, 0.25) is 0 Å². The van der Waals surface area contributed by atoms with Gasteiger partial charge < -0.3 is 15.6 Å². The number of nitrogens with two attached hydrogens (primary N) is 1. The summed E-state index contributed by atoms with van der Waals surface area (Å²) >= 11 is 4.74. The van der Waals surface area contributed by atoms with Crippen LogP contribution in [0.3, 0.4) is 0 Å². The maximum atomic E-state index is 13.6. The first-order chi connectivity index (χ1) is 8.58. The van der Waals surface area contributed by atoms with Gasteiger partial charge in [-0.2, -0.15) is 0 Å². The van der Waals surface area contributed by atoms with E-state index in [1.54, 1.807) is 23.0 Å². The molecule has 0 atom stereocenters. The fraction of sp³-hybridized carbons (Fsp3) is 0.182. The Kier molecular flexibility index (Phi) is 3.52. The number of anilines is 1. The largest absolute Gasteiger partial charge is 0.389 e. The van der Waals surface area contributed by atoms with Crippen LogP contribution >= 0.6 is 12.2 Å². The molecular weight excluding hydrogens is 253 g/mol. The van der Waals surface area contributed by atoms with Crippen LogP contribution in [0, 0.1) is 5.82 Å². The van der Waals surface area contributed by atoms with Crippen molar-refractivity contribution in [1.29, 1.82) is 0 Å². The van der Waals surface area contributed by atoms with Crippen LogP contribution in [0.5, 0.6) is 0 Å². The standard InChI is InChI=1S/C11H12FN5S/c1-17-6-15-16-10(17)5-14-7-2-3-8(11(13)18)9(12)4-7/h2-4,6,14H,5H2,1H3,(H2,13,18). The lowest BCUT2D eigenvalue weighted by Crippen LogP contribution is -2.12. The minimum atomic E-state index is -0.439. The molecule has 1 aromatic heterocycles. The molecule has 0 aliphatic heterocycles. The van der Waals surface area contributed by atoms with Crippen LogP contribution in [0.1, 0.15) is 11.4 Å². The molecule has 7 heteroatoms. The van der Waals surface area contributed by atoms with E-state index < -0.39 is 5.82 Å². The van der Waals surface area contributed by atoms with E-state index >= 15 is 0 Å². The molecule has 0 bridgehead atoms. The fourth-order valence-electron chi connectivity index (χ4n) is 1.47. The van der Waals surface area contributed by atoms with E-state index in [0.717, 1.165) is 5.82 Å². The normalized spacial score (nSPS) is 10.3. The molecule has 0 aliphatic carbocycles. The van der Waals surface area contributed by atoms with Crippen LogP contribution in [-0.4, -0.2) is 19.8 Å². The summed E-state index contributed by atoms with van der Waals surface area (Å²) in [7, 11) is 1.84. The van der Waals surface area contributed by atoms with E-state index in [1.165, 1.54) is 6.07 Å². The molecule has 1 heterocycles. The van der Waals surface area contributed by atoms with Crippen LogP contribution in [0.25, 0.3) is 0 Å². The zero-order valence-corrected chi connectivity index (χ0v) is 10.5. The summed E-state index contributed by atoms with van der Waals surface area (Å²) < 4.78 is 15.4. The number of thiocarbonyl (C=S) groups is 1. The molecule has 5 nitrogen and oxygen atoms in total. The number of hydrogen-bond donors (Lipinski definition) is 2. The smallest absolute Gasteiger partial charge is 0.151 e. The number of nitrogens with zero attached hydrogens (tertiary/aromatic N) is 3. The van der Waals surface area contributed by atoms with E-state index in [2.05, 4.69) is 15.5 Å². The Morgan fingerprint density at radius 3 is 2.89 bits per heavy atom. The quantitative estimate of drug-likeness (QED) is 0.813. The Labute approximate surface area is 109 Å². The second-order valence-electron chi connectivity index (χ2n) is 3.77. The van der Waals surface area contributed by atoms with Crippen molar-refractivity contribution in [2.45, 2.75) is 6.54 Å². The maximum Gasteiger partial charge on any atom is 0.151 e. The molecule has 2 aromatic rings. The lowest BCUT2D eigenvalue weighted by atomic mass is 10.2. The molecule has 0 fully saturated rings. The Bertz CT molecular complexity index is 581. The predicted octanol–water partition coefficient (Wildman–Crippen LogP) is 1.20. The zero-order valence-electron chi connectivity index (χ0n) is 9.72. The number of aryl methyl sites for hydroxylation is 1. The fourth-order valence-corrected chi connectivity index (χ4v) is 1.64. The summed E-state index contributed by atoms with van der Waals surface area (Å²) in [6.45, 7) is 0.461. The summed E-state index contributed by atoms with van der Waals surface area (Å²) in [6, 6.07) is 4.62. The molecule has 1 aromatic carbocycles. The van der Waals surface area contributed by atoms with Crippen LogP contribution in [0.4, 0.5) is 10.1 Å². The predicted molar refractivity (Wildman–Crippen MR) is 70.6 cm³/mol. The van der Waals surface area contributed by atoms with Crippen molar-refractivity contribution in [2.24, 2.45) is 12.8 Å². The van der Waals surface area contributed by atoms with Crippen molar-refractivity contribution >= 4 is 22.9 Å². The summed E-state index contributed by atoms with van der Waals surface area (Å²) in [6.07, 6.45) is 1.60. The summed E-state index contributed by atoms with van der Waals surface area (Å²) in [4.78, 5) is 0.0485. The van der Waals surface area contributed by atoms with Crippen molar-refractivity contribution < 1.29 is 4.39 Å². The highest BCUT2D eigenvalue weighted by Gasteiger charge is 2.06. The average Bonchev–Trinajstić information content (AvgIpc) is 2.72.